The first-order valence-electron chi connectivity index (χ1n) is 10.5. The van der Waals surface area contributed by atoms with Crippen LogP contribution in [0.1, 0.15) is 42.3 Å². The number of nitrogens with zero attached hydrogens (tertiary/aromatic N) is 2. The molecule has 2 amide bonds. The average Bonchev–Trinajstić information content (AvgIpc) is 2.76. The highest BCUT2D eigenvalue weighted by Gasteiger charge is 2.31. The molecule has 1 saturated heterocycles. The number of hydrogen-bond acceptors (Lipinski definition) is 3. The quantitative estimate of drug-likeness (QED) is 0.769. The molecule has 0 aliphatic carbocycles. The molecule has 1 aliphatic rings. The summed E-state index contributed by atoms with van der Waals surface area (Å²) in [6.45, 7) is 7.76. The summed E-state index contributed by atoms with van der Waals surface area (Å²) in [6.07, 6.45) is -4.39. The van der Waals surface area contributed by atoms with Crippen molar-refractivity contribution in [2.45, 2.75) is 32.4 Å². The number of carbonyl (C=O) groups excluding carboxylic acids is 2. The van der Waals surface area contributed by atoms with Crippen molar-refractivity contribution in [3.8, 4) is 0 Å². The van der Waals surface area contributed by atoms with Crippen LogP contribution < -0.4 is 10.2 Å². The van der Waals surface area contributed by atoms with Gasteiger partial charge in [-0.3, -0.25) is 9.59 Å². The Labute approximate surface area is 186 Å². The van der Waals surface area contributed by atoms with E-state index in [0.717, 1.165) is 17.7 Å². The molecule has 3 rings (SSSR count). The molecule has 0 aromatic heterocycles. The number of halogens is 3. The summed E-state index contributed by atoms with van der Waals surface area (Å²) in [5.41, 5.74) is 1.39. The number of anilines is 1. The number of alkyl halides is 3. The lowest BCUT2D eigenvalue weighted by Crippen LogP contribution is -2.51. The fraction of sp³-hybridized carbons (Fsp3) is 0.417. The van der Waals surface area contributed by atoms with E-state index in [1.165, 1.54) is 6.07 Å². The molecule has 5 nitrogen and oxygen atoms in total. The van der Waals surface area contributed by atoms with Gasteiger partial charge in [-0.25, -0.2) is 0 Å². The molecule has 172 valence electrons. The number of hydrogen-bond donors (Lipinski definition) is 1. The second-order valence-electron chi connectivity index (χ2n) is 8.93. The van der Waals surface area contributed by atoms with Crippen LogP contribution in [0.5, 0.6) is 0 Å². The molecule has 1 heterocycles. The van der Waals surface area contributed by atoms with Crippen LogP contribution in [0, 0.1) is 0 Å². The molecule has 0 saturated carbocycles. The van der Waals surface area contributed by atoms with Crippen LogP contribution in [0.3, 0.4) is 0 Å². The smallest absolute Gasteiger partial charge is 0.368 e. The van der Waals surface area contributed by atoms with Crippen LogP contribution in [0.2, 0.25) is 0 Å². The van der Waals surface area contributed by atoms with Crippen LogP contribution >= 0.6 is 0 Å². The highest BCUT2D eigenvalue weighted by atomic mass is 19.4. The van der Waals surface area contributed by atoms with Crippen LogP contribution in [-0.2, 0) is 16.4 Å². The summed E-state index contributed by atoms with van der Waals surface area (Å²) < 4.78 is 38.8. The van der Waals surface area contributed by atoms with Crippen molar-refractivity contribution < 1.29 is 22.8 Å². The summed E-state index contributed by atoms with van der Waals surface area (Å²) in [4.78, 5) is 28.3. The monoisotopic (exact) mass is 447 g/mol. The van der Waals surface area contributed by atoms with Crippen LogP contribution in [0.15, 0.2) is 48.5 Å². The molecular formula is C24H28F3N3O2. The second kappa shape index (κ2) is 9.22. The van der Waals surface area contributed by atoms with E-state index in [-0.39, 0.29) is 23.8 Å². The van der Waals surface area contributed by atoms with Crippen molar-refractivity contribution in [2.24, 2.45) is 0 Å². The fourth-order valence-corrected chi connectivity index (χ4v) is 3.58. The van der Waals surface area contributed by atoms with Gasteiger partial charge in [0.2, 0.25) is 5.91 Å². The number of nitrogens with one attached hydrogen (secondary N) is 1. The molecule has 2 aromatic carbocycles. The number of benzene rings is 2. The van der Waals surface area contributed by atoms with E-state index in [2.05, 4.69) is 26.1 Å². The zero-order valence-electron chi connectivity index (χ0n) is 18.5. The first-order valence-corrected chi connectivity index (χ1v) is 10.5. The van der Waals surface area contributed by atoms with Gasteiger partial charge < -0.3 is 15.1 Å². The van der Waals surface area contributed by atoms with E-state index in [9.17, 15) is 22.8 Å². The molecule has 1 N–H and O–H groups in total. The number of rotatable bonds is 4. The summed E-state index contributed by atoms with van der Waals surface area (Å²) in [6, 6.07) is 12.5. The summed E-state index contributed by atoms with van der Waals surface area (Å²) in [5, 5.41) is 2.65. The minimum atomic E-state index is -4.39. The van der Waals surface area contributed by atoms with Crippen LogP contribution in [0.4, 0.5) is 18.9 Å². The van der Waals surface area contributed by atoms with E-state index < -0.39 is 11.7 Å². The predicted octanol–water partition coefficient (Wildman–Crippen LogP) is 4.08. The van der Waals surface area contributed by atoms with Gasteiger partial charge >= 0.3 is 6.18 Å². The molecule has 0 bridgehead atoms. The van der Waals surface area contributed by atoms with Gasteiger partial charge in [-0.05, 0) is 41.3 Å². The molecule has 0 spiro atoms. The Kier molecular flexibility index (Phi) is 6.81. The van der Waals surface area contributed by atoms with Crippen molar-refractivity contribution in [2.75, 3.05) is 37.6 Å². The first kappa shape index (κ1) is 23.6. The van der Waals surface area contributed by atoms with E-state index in [1.807, 2.05) is 17.0 Å². The van der Waals surface area contributed by atoms with E-state index in [1.54, 1.807) is 23.1 Å². The minimum Gasteiger partial charge on any atom is -0.368 e. The maximum atomic E-state index is 12.9. The lowest BCUT2D eigenvalue weighted by Gasteiger charge is -2.36. The van der Waals surface area contributed by atoms with Gasteiger partial charge in [0, 0.05) is 37.4 Å². The Bertz CT molecular complexity index is 958. The number of piperazine rings is 1. The van der Waals surface area contributed by atoms with Crippen molar-refractivity contribution >= 4 is 17.5 Å². The molecule has 1 fully saturated rings. The van der Waals surface area contributed by atoms with Gasteiger partial charge in [0.1, 0.15) is 0 Å². The Hall–Kier alpha value is -3.03. The fourth-order valence-electron chi connectivity index (χ4n) is 3.58. The van der Waals surface area contributed by atoms with Gasteiger partial charge in [-0.2, -0.15) is 13.2 Å². The minimum absolute atomic E-state index is 0.0127. The first-order chi connectivity index (χ1) is 14.9. The summed E-state index contributed by atoms with van der Waals surface area (Å²) in [7, 11) is 0. The Morgan fingerprint density at radius 2 is 1.53 bits per heavy atom. The highest BCUT2D eigenvalue weighted by Crippen LogP contribution is 2.31. The van der Waals surface area contributed by atoms with Gasteiger partial charge in [0.15, 0.2) is 0 Å². The van der Waals surface area contributed by atoms with Crippen LogP contribution in [-0.4, -0.2) is 49.4 Å². The van der Waals surface area contributed by atoms with Gasteiger partial charge in [-0.1, -0.05) is 39.0 Å². The Morgan fingerprint density at radius 3 is 2.09 bits per heavy atom. The Balaban J connectivity index is 1.50. The maximum absolute atomic E-state index is 12.9. The second-order valence-corrected chi connectivity index (χ2v) is 8.93. The van der Waals surface area contributed by atoms with Crippen LogP contribution in [0.25, 0.3) is 0 Å². The van der Waals surface area contributed by atoms with Crippen molar-refractivity contribution in [3.63, 3.8) is 0 Å². The molecule has 2 aromatic rings. The SMILES string of the molecule is CC(C)(C)c1ccc(C(=O)NCC(=O)N2CCN(c3cccc(C(F)(F)F)c3)CC2)cc1. The zero-order chi connectivity index (χ0) is 23.5. The maximum Gasteiger partial charge on any atom is 0.416 e. The molecule has 0 atom stereocenters. The molecular weight excluding hydrogens is 419 g/mol. The van der Waals surface area contributed by atoms with Gasteiger partial charge in [-0.15, -0.1) is 0 Å². The summed E-state index contributed by atoms with van der Waals surface area (Å²) in [5.74, 6) is -0.533. The number of carbonyl (C=O) groups is 2. The standard InChI is InChI=1S/C24H28F3N3O2/c1-23(2,3)18-9-7-17(8-10-18)22(32)28-16-21(31)30-13-11-29(12-14-30)20-6-4-5-19(15-20)24(25,26)27/h4-10,15H,11-14,16H2,1-3H3,(H,28,32). The third-order valence-electron chi connectivity index (χ3n) is 5.58. The molecule has 0 radical (unpaired) electrons. The highest BCUT2D eigenvalue weighted by molar-refractivity contribution is 5.96. The third-order valence-corrected chi connectivity index (χ3v) is 5.58. The van der Waals surface area contributed by atoms with E-state index >= 15 is 0 Å². The molecule has 1 aliphatic heterocycles. The van der Waals surface area contributed by atoms with E-state index in [4.69, 9.17) is 0 Å². The average molecular weight is 448 g/mol. The lowest BCUT2D eigenvalue weighted by atomic mass is 9.87. The van der Waals surface area contributed by atoms with Crippen molar-refractivity contribution in [1.82, 2.24) is 10.2 Å². The summed E-state index contributed by atoms with van der Waals surface area (Å²) >= 11 is 0. The lowest BCUT2D eigenvalue weighted by molar-refractivity contribution is -0.137. The molecule has 32 heavy (non-hydrogen) atoms. The Morgan fingerprint density at radius 1 is 0.906 bits per heavy atom. The van der Waals surface area contributed by atoms with Crippen molar-refractivity contribution in [1.29, 1.82) is 0 Å². The predicted molar refractivity (Wildman–Crippen MR) is 118 cm³/mol. The molecule has 0 unspecified atom stereocenters. The third kappa shape index (κ3) is 5.81. The van der Waals surface area contributed by atoms with Gasteiger partial charge in [0.05, 0.1) is 12.1 Å². The van der Waals surface area contributed by atoms with E-state index in [0.29, 0.717) is 37.4 Å². The topological polar surface area (TPSA) is 52.7 Å². The van der Waals surface area contributed by atoms with Gasteiger partial charge in [0.25, 0.3) is 5.91 Å². The zero-order valence-corrected chi connectivity index (χ0v) is 18.5. The number of amides is 2. The molecule has 8 heteroatoms. The van der Waals surface area contributed by atoms with Crippen molar-refractivity contribution in [3.05, 3.63) is 65.2 Å². The largest absolute Gasteiger partial charge is 0.416 e. The normalized spacial score (nSPS) is 14.9.